The number of imidazole rings is 1. The van der Waals surface area contributed by atoms with E-state index in [0.29, 0.717) is 0 Å². The molecule has 106 valence electrons. The molecule has 0 amide bonds. The third-order valence-corrected chi connectivity index (χ3v) is 3.43. The quantitative estimate of drug-likeness (QED) is 0.839. The Balaban J connectivity index is 2.51. The summed E-state index contributed by atoms with van der Waals surface area (Å²) in [5.74, 6) is 0.836. The van der Waals surface area contributed by atoms with Crippen molar-refractivity contribution in [3.05, 3.63) is 47.4 Å². The topological polar surface area (TPSA) is 57.9 Å². The number of benzene rings is 1. The average Bonchev–Trinajstić information content (AvgIpc) is 2.86. The fraction of sp³-hybridized carbons (Fsp3) is 0.312. The molecule has 0 atom stereocenters. The van der Waals surface area contributed by atoms with Crippen LogP contribution in [-0.4, -0.2) is 29.0 Å². The van der Waals surface area contributed by atoms with Gasteiger partial charge in [-0.25, -0.2) is 4.98 Å². The fourth-order valence-electron chi connectivity index (χ4n) is 1.96. The normalized spacial score (nSPS) is 13.5. The van der Waals surface area contributed by atoms with Crippen LogP contribution >= 0.6 is 0 Å². The summed E-state index contributed by atoms with van der Waals surface area (Å²) in [5.41, 5.74) is 11.1. The molecular formula is C16H22N4. The van der Waals surface area contributed by atoms with Gasteiger partial charge in [0.1, 0.15) is 0 Å². The van der Waals surface area contributed by atoms with Crippen LogP contribution in [0.1, 0.15) is 26.1 Å². The molecule has 0 saturated heterocycles. The lowest BCUT2D eigenvalue weighted by Gasteiger charge is -2.15. The molecule has 0 saturated carbocycles. The van der Waals surface area contributed by atoms with Gasteiger partial charge in [0.15, 0.2) is 5.82 Å². The van der Waals surface area contributed by atoms with Crippen LogP contribution in [0.4, 0.5) is 0 Å². The summed E-state index contributed by atoms with van der Waals surface area (Å²) >= 11 is 0. The molecule has 2 rings (SSSR count). The number of allylic oxidation sites excluding steroid dienone is 2. The second kappa shape index (κ2) is 5.82. The maximum Gasteiger partial charge on any atom is 0.154 e. The molecule has 0 aliphatic carbocycles. The van der Waals surface area contributed by atoms with Crippen LogP contribution < -0.4 is 5.73 Å². The van der Waals surface area contributed by atoms with Gasteiger partial charge in [-0.3, -0.25) is 0 Å². The van der Waals surface area contributed by atoms with Gasteiger partial charge in [0.05, 0.1) is 16.7 Å². The SMILES string of the molecule is CC/C(C)=C(N)/C=C(/c1nc2ccccc2[nH]1)N(C)C. The zero-order chi connectivity index (χ0) is 14.7. The molecule has 0 unspecified atom stereocenters. The van der Waals surface area contributed by atoms with Crippen molar-refractivity contribution in [2.24, 2.45) is 5.73 Å². The zero-order valence-corrected chi connectivity index (χ0v) is 12.6. The lowest BCUT2D eigenvalue weighted by atomic mass is 10.1. The van der Waals surface area contributed by atoms with E-state index in [0.717, 1.165) is 34.7 Å². The van der Waals surface area contributed by atoms with Crippen molar-refractivity contribution < 1.29 is 0 Å². The molecule has 2 aromatic rings. The molecule has 0 radical (unpaired) electrons. The third kappa shape index (κ3) is 2.85. The molecule has 1 aromatic heterocycles. The Morgan fingerprint density at radius 2 is 2.05 bits per heavy atom. The Labute approximate surface area is 120 Å². The molecule has 0 aliphatic rings. The van der Waals surface area contributed by atoms with Crippen molar-refractivity contribution in [2.45, 2.75) is 20.3 Å². The van der Waals surface area contributed by atoms with Crippen molar-refractivity contribution >= 4 is 16.7 Å². The summed E-state index contributed by atoms with van der Waals surface area (Å²) < 4.78 is 0. The van der Waals surface area contributed by atoms with E-state index in [1.54, 1.807) is 0 Å². The Kier molecular flexibility index (Phi) is 4.13. The molecule has 20 heavy (non-hydrogen) atoms. The Morgan fingerprint density at radius 1 is 1.35 bits per heavy atom. The van der Waals surface area contributed by atoms with E-state index in [1.165, 1.54) is 5.57 Å². The molecule has 3 N–H and O–H groups in total. The van der Waals surface area contributed by atoms with Crippen molar-refractivity contribution in [3.8, 4) is 0 Å². The first-order valence-corrected chi connectivity index (χ1v) is 6.82. The number of hydrogen-bond donors (Lipinski definition) is 2. The van der Waals surface area contributed by atoms with Gasteiger partial charge in [0.2, 0.25) is 0 Å². The van der Waals surface area contributed by atoms with Crippen LogP contribution in [0.15, 0.2) is 41.6 Å². The minimum atomic E-state index is 0.802. The zero-order valence-electron chi connectivity index (χ0n) is 12.6. The van der Waals surface area contributed by atoms with Crippen LogP contribution in [0, 0.1) is 0 Å². The molecule has 0 fully saturated rings. The van der Waals surface area contributed by atoms with E-state index in [4.69, 9.17) is 5.73 Å². The number of aromatic nitrogens is 2. The van der Waals surface area contributed by atoms with E-state index in [9.17, 15) is 0 Å². The van der Waals surface area contributed by atoms with E-state index in [1.807, 2.05) is 49.3 Å². The summed E-state index contributed by atoms with van der Waals surface area (Å²) in [6, 6.07) is 8.01. The van der Waals surface area contributed by atoms with Crippen LogP contribution in [0.5, 0.6) is 0 Å². The van der Waals surface area contributed by atoms with Crippen molar-refractivity contribution in [3.63, 3.8) is 0 Å². The van der Waals surface area contributed by atoms with Crippen molar-refractivity contribution in [1.82, 2.24) is 14.9 Å². The Bertz CT molecular complexity index is 629. The number of fused-ring (bicyclic) bond motifs is 1. The minimum Gasteiger partial charge on any atom is -0.399 e. The highest BCUT2D eigenvalue weighted by molar-refractivity contribution is 5.78. The number of aromatic amines is 1. The summed E-state index contributed by atoms with van der Waals surface area (Å²) in [4.78, 5) is 9.99. The standard InChI is InChI=1S/C16H22N4/c1-5-11(2)12(17)10-15(20(3)4)16-18-13-8-6-7-9-14(13)19-16/h6-10H,5,17H2,1-4H3,(H,18,19)/b12-11-,15-10-. The molecule has 0 aliphatic heterocycles. The molecule has 4 heteroatoms. The summed E-state index contributed by atoms with van der Waals surface area (Å²) in [7, 11) is 3.99. The maximum absolute atomic E-state index is 6.13. The van der Waals surface area contributed by atoms with E-state index < -0.39 is 0 Å². The predicted octanol–water partition coefficient (Wildman–Crippen LogP) is 3.11. The summed E-state index contributed by atoms with van der Waals surface area (Å²) in [6.45, 7) is 4.16. The second-order valence-corrected chi connectivity index (χ2v) is 5.12. The van der Waals surface area contributed by atoms with E-state index in [-0.39, 0.29) is 0 Å². The van der Waals surface area contributed by atoms with Gasteiger partial charge >= 0.3 is 0 Å². The van der Waals surface area contributed by atoms with Gasteiger partial charge < -0.3 is 15.6 Å². The van der Waals surface area contributed by atoms with E-state index >= 15 is 0 Å². The average molecular weight is 270 g/mol. The van der Waals surface area contributed by atoms with Crippen LogP contribution in [-0.2, 0) is 0 Å². The molecule has 0 bridgehead atoms. The monoisotopic (exact) mass is 270 g/mol. The number of nitrogens with one attached hydrogen (secondary N) is 1. The number of nitrogens with zero attached hydrogens (tertiary/aromatic N) is 2. The van der Waals surface area contributed by atoms with Crippen LogP contribution in [0.3, 0.4) is 0 Å². The van der Waals surface area contributed by atoms with Crippen molar-refractivity contribution in [2.75, 3.05) is 14.1 Å². The lowest BCUT2D eigenvalue weighted by molar-refractivity contribution is 0.586. The van der Waals surface area contributed by atoms with Gasteiger partial charge in [-0.2, -0.15) is 0 Å². The number of para-hydroxylation sites is 2. The molecule has 1 heterocycles. The Morgan fingerprint density at radius 3 is 2.65 bits per heavy atom. The molecule has 4 nitrogen and oxygen atoms in total. The Hall–Kier alpha value is -2.23. The highest BCUT2D eigenvalue weighted by Gasteiger charge is 2.10. The second-order valence-electron chi connectivity index (χ2n) is 5.12. The van der Waals surface area contributed by atoms with Gasteiger partial charge in [0, 0.05) is 19.8 Å². The van der Waals surface area contributed by atoms with Gasteiger partial charge in [-0.15, -0.1) is 0 Å². The summed E-state index contributed by atoms with van der Waals surface area (Å²) in [5, 5.41) is 0. The van der Waals surface area contributed by atoms with Crippen molar-refractivity contribution in [1.29, 1.82) is 0 Å². The third-order valence-electron chi connectivity index (χ3n) is 3.43. The number of hydrogen-bond acceptors (Lipinski definition) is 3. The first-order chi connectivity index (χ1) is 9.52. The van der Waals surface area contributed by atoms with E-state index in [2.05, 4.69) is 23.8 Å². The molecular weight excluding hydrogens is 248 g/mol. The smallest absolute Gasteiger partial charge is 0.154 e. The van der Waals surface area contributed by atoms with Gasteiger partial charge in [-0.05, 0) is 31.6 Å². The first-order valence-electron chi connectivity index (χ1n) is 6.82. The highest BCUT2D eigenvalue weighted by atomic mass is 15.1. The maximum atomic E-state index is 6.13. The van der Waals surface area contributed by atoms with Crippen LogP contribution in [0.25, 0.3) is 16.7 Å². The highest BCUT2D eigenvalue weighted by Crippen LogP contribution is 2.20. The number of rotatable bonds is 4. The van der Waals surface area contributed by atoms with Crippen LogP contribution in [0.2, 0.25) is 0 Å². The largest absolute Gasteiger partial charge is 0.399 e. The lowest BCUT2D eigenvalue weighted by Crippen LogP contribution is -2.13. The number of H-pyrrole nitrogens is 1. The summed E-state index contributed by atoms with van der Waals surface area (Å²) in [6.07, 6.45) is 2.93. The first kappa shape index (κ1) is 14.2. The fourth-order valence-corrected chi connectivity index (χ4v) is 1.96. The minimum absolute atomic E-state index is 0.802. The predicted molar refractivity (Wildman–Crippen MR) is 84.9 cm³/mol. The van der Waals surface area contributed by atoms with Gasteiger partial charge in [-0.1, -0.05) is 24.6 Å². The molecule has 0 spiro atoms. The number of nitrogens with two attached hydrogens (primary N) is 1. The molecule has 1 aromatic carbocycles. The van der Waals surface area contributed by atoms with Gasteiger partial charge in [0.25, 0.3) is 0 Å².